The summed E-state index contributed by atoms with van der Waals surface area (Å²) in [7, 11) is -3.96. The number of unbranched alkanes of at least 4 members (excludes halogenated alkanes) is 10. The maximum Gasteiger partial charge on any atom is 0.241 e. The monoisotopic (exact) mass is 868 g/mol. The van der Waals surface area contributed by atoms with E-state index < -0.39 is 28.3 Å². The molecule has 62 heavy (non-hydrogen) atoms. The molecule has 0 radical (unpaired) electrons. The molecule has 5 atom stereocenters. The summed E-state index contributed by atoms with van der Waals surface area (Å²) in [4.78, 5) is 16.5. The molecule has 1 aliphatic heterocycles. The van der Waals surface area contributed by atoms with Crippen LogP contribution in [-0.2, 0) is 43.9 Å². The van der Waals surface area contributed by atoms with Crippen molar-refractivity contribution >= 4 is 15.9 Å². The first kappa shape index (κ1) is 49.1. The van der Waals surface area contributed by atoms with E-state index in [4.69, 9.17) is 9.47 Å². The zero-order valence-electron chi connectivity index (χ0n) is 37.8. The van der Waals surface area contributed by atoms with Gasteiger partial charge in [0.2, 0.25) is 15.9 Å². The summed E-state index contributed by atoms with van der Waals surface area (Å²) in [5.74, 6) is -0.324. The van der Waals surface area contributed by atoms with Gasteiger partial charge < -0.3 is 24.8 Å². The fourth-order valence-corrected chi connectivity index (χ4v) is 9.42. The second-order valence-corrected chi connectivity index (χ2v) is 19.0. The highest BCUT2D eigenvalue weighted by Crippen LogP contribution is 2.42. The van der Waals surface area contributed by atoms with E-state index >= 15 is 0 Å². The number of amides is 1. The van der Waals surface area contributed by atoms with E-state index in [1.807, 2.05) is 73.7 Å². The van der Waals surface area contributed by atoms with E-state index in [-0.39, 0.29) is 42.6 Å². The zero-order chi connectivity index (χ0) is 44.2. The average Bonchev–Trinajstić information content (AvgIpc) is 3.28. The summed E-state index contributed by atoms with van der Waals surface area (Å²) in [6, 6.07) is 31.0. The van der Waals surface area contributed by atoms with Crippen LogP contribution in [0.25, 0.3) is 0 Å². The van der Waals surface area contributed by atoms with Gasteiger partial charge >= 0.3 is 0 Å². The van der Waals surface area contributed by atoms with Crippen LogP contribution in [0.2, 0.25) is 0 Å². The van der Waals surface area contributed by atoms with Crippen molar-refractivity contribution in [1.82, 2.24) is 14.9 Å². The minimum atomic E-state index is -3.96. The van der Waals surface area contributed by atoms with Crippen LogP contribution in [0.5, 0.6) is 0 Å². The second-order valence-electron chi connectivity index (χ2n) is 17.3. The van der Waals surface area contributed by atoms with Crippen molar-refractivity contribution in [3.05, 3.63) is 137 Å². The molecule has 5 rings (SSSR count). The van der Waals surface area contributed by atoms with E-state index in [0.717, 1.165) is 53.0 Å². The lowest BCUT2D eigenvalue weighted by molar-refractivity contribution is -0.276. The highest BCUT2D eigenvalue weighted by atomic mass is 32.2. The Balaban J connectivity index is 1.29. The minimum absolute atomic E-state index is 0.00884. The van der Waals surface area contributed by atoms with Gasteiger partial charge in [0, 0.05) is 24.6 Å². The molecule has 1 fully saturated rings. The molecule has 4 aromatic carbocycles. The summed E-state index contributed by atoms with van der Waals surface area (Å²) in [5, 5.41) is 12.7. The number of carbonyl (C=O) groups is 1. The van der Waals surface area contributed by atoms with Crippen molar-refractivity contribution in [2.75, 3.05) is 19.6 Å². The van der Waals surface area contributed by atoms with Gasteiger partial charge in [-0.05, 0) is 73.7 Å². The fourth-order valence-electron chi connectivity index (χ4n) is 8.22. The van der Waals surface area contributed by atoms with Gasteiger partial charge in [-0.25, -0.2) is 8.42 Å². The van der Waals surface area contributed by atoms with Crippen LogP contribution in [-0.4, -0.2) is 56.1 Å². The van der Waals surface area contributed by atoms with Crippen molar-refractivity contribution in [3.8, 4) is 0 Å². The highest BCUT2D eigenvalue weighted by molar-refractivity contribution is 7.89. The first-order valence-electron chi connectivity index (χ1n) is 23.3. The lowest BCUT2D eigenvalue weighted by atomic mass is 9.90. The molecule has 1 saturated heterocycles. The smallest absolute Gasteiger partial charge is 0.241 e. The van der Waals surface area contributed by atoms with Crippen LogP contribution >= 0.6 is 0 Å². The van der Waals surface area contributed by atoms with Crippen LogP contribution in [0.15, 0.2) is 108 Å². The Hall–Kier alpha value is -3.90. The van der Waals surface area contributed by atoms with Crippen LogP contribution < -0.4 is 10.0 Å². The second kappa shape index (κ2) is 26.0. The molecular weight excluding hydrogens is 795 g/mol. The highest BCUT2D eigenvalue weighted by Gasteiger charge is 2.39. The minimum Gasteiger partial charge on any atom is -0.392 e. The molecule has 1 heterocycles. The van der Waals surface area contributed by atoms with Crippen molar-refractivity contribution in [2.45, 2.75) is 154 Å². The van der Waals surface area contributed by atoms with E-state index in [9.17, 15) is 18.3 Å². The summed E-state index contributed by atoms with van der Waals surface area (Å²) in [6.07, 6.45) is 14.5. The number of rotatable bonds is 27. The van der Waals surface area contributed by atoms with E-state index in [2.05, 4.69) is 47.8 Å². The fraction of sp³-hybridized carbons (Fsp3) is 0.519. The van der Waals surface area contributed by atoms with Gasteiger partial charge in [-0.1, -0.05) is 182 Å². The molecule has 0 aromatic heterocycles. The Morgan fingerprint density at radius 2 is 1.26 bits per heavy atom. The average molecular weight is 868 g/mol. The summed E-state index contributed by atoms with van der Waals surface area (Å²) in [6.45, 7) is 11.8. The van der Waals surface area contributed by atoms with Crippen molar-refractivity contribution in [2.24, 2.45) is 5.92 Å². The lowest BCUT2D eigenvalue weighted by Crippen LogP contribution is -2.47. The lowest BCUT2D eigenvalue weighted by Gasteiger charge is -2.43. The third kappa shape index (κ3) is 15.7. The van der Waals surface area contributed by atoms with Gasteiger partial charge in [-0.2, -0.15) is 4.72 Å². The summed E-state index contributed by atoms with van der Waals surface area (Å²) >= 11 is 0. The molecule has 0 saturated carbocycles. The molecule has 5 unspecified atom stereocenters. The van der Waals surface area contributed by atoms with Gasteiger partial charge in [0.1, 0.15) is 6.04 Å². The topological polar surface area (TPSA) is 117 Å². The van der Waals surface area contributed by atoms with E-state index in [1.54, 1.807) is 24.3 Å². The van der Waals surface area contributed by atoms with Crippen molar-refractivity contribution in [1.29, 1.82) is 0 Å². The molecule has 0 bridgehead atoms. The first-order chi connectivity index (χ1) is 30.1. The third-order valence-electron chi connectivity index (χ3n) is 12.2. The van der Waals surface area contributed by atoms with Gasteiger partial charge in [0.05, 0.1) is 23.7 Å². The third-order valence-corrected chi connectivity index (χ3v) is 13.7. The Kier molecular flexibility index (Phi) is 20.6. The molecule has 1 amide bonds. The van der Waals surface area contributed by atoms with Gasteiger partial charge in [0.25, 0.3) is 0 Å². The number of aliphatic hydroxyl groups excluding tert-OH is 1. The quantitative estimate of drug-likeness (QED) is 0.0511. The number of hydrogen-bond donors (Lipinski definition) is 3. The predicted octanol–water partition coefficient (Wildman–Crippen LogP) is 10.5. The summed E-state index contributed by atoms with van der Waals surface area (Å²) < 4.78 is 43.2. The van der Waals surface area contributed by atoms with Gasteiger partial charge in [-0.3, -0.25) is 4.79 Å². The standard InChI is InChI=1S/C52H73N3O6S/c1-5-7-9-11-13-18-34-55(35-19-14-12-10-8-6-2)38-49-41(4)50(45-28-26-44(39-56)27-29-45)61-52(60-49)46-30-24-43(25-31-46)37-53-51(57)48(36-42-20-16-15-17-21-42)54-62(58,59)47-32-22-40(3)23-33-47/h15-17,20-33,41,48-50,52,54,56H,5-14,18-19,34-39H2,1-4H3,(H,53,57). The van der Waals surface area contributed by atoms with Gasteiger partial charge in [-0.15, -0.1) is 0 Å². The molecule has 338 valence electrons. The van der Waals surface area contributed by atoms with Crippen LogP contribution in [0.3, 0.4) is 0 Å². The molecule has 1 aliphatic rings. The van der Waals surface area contributed by atoms with Gasteiger partial charge in [0.15, 0.2) is 6.29 Å². The molecule has 4 aromatic rings. The number of aliphatic hydroxyl groups is 1. The molecule has 10 heteroatoms. The molecule has 0 aliphatic carbocycles. The number of ether oxygens (including phenoxy) is 2. The Morgan fingerprint density at radius 1 is 0.694 bits per heavy atom. The predicted molar refractivity (Wildman–Crippen MR) is 250 cm³/mol. The number of nitrogens with one attached hydrogen (secondary N) is 2. The van der Waals surface area contributed by atoms with Crippen LogP contribution in [0.4, 0.5) is 0 Å². The number of aryl methyl sites for hydroxylation is 1. The largest absolute Gasteiger partial charge is 0.392 e. The normalized spacial score (nSPS) is 18.5. The number of nitrogens with zero attached hydrogens (tertiary/aromatic N) is 1. The molecular formula is C52H73N3O6S. The molecule has 9 nitrogen and oxygen atoms in total. The Morgan fingerprint density at radius 3 is 1.85 bits per heavy atom. The number of carbonyl (C=O) groups excluding carboxylic acids is 1. The maximum absolute atomic E-state index is 13.7. The van der Waals surface area contributed by atoms with Crippen molar-refractivity contribution in [3.63, 3.8) is 0 Å². The van der Waals surface area contributed by atoms with E-state index in [0.29, 0.717) is 0 Å². The SMILES string of the molecule is CCCCCCCCN(CCCCCCCC)CC1OC(c2ccc(CNC(=O)C(Cc3ccccc3)NS(=O)(=O)c3ccc(C)cc3)cc2)OC(c2ccc(CO)cc2)C1C. The first-order valence-corrected chi connectivity index (χ1v) is 24.8. The number of hydrogen-bond acceptors (Lipinski definition) is 7. The maximum atomic E-state index is 13.7. The Labute approximate surface area is 373 Å². The van der Waals surface area contributed by atoms with Crippen LogP contribution in [0, 0.1) is 12.8 Å². The Bertz CT molecular complexity index is 1960. The van der Waals surface area contributed by atoms with E-state index in [1.165, 1.54) is 77.0 Å². The van der Waals surface area contributed by atoms with Crippen LogP contribution in [0.1, 0.15) is 144 Å². The number of benzene rings is 4. The molecule has 3 N–H and O–H groups in total. The zero-order valence-corrected chi connectivity index (χ0v) is 38.6. The van der Waals surface area contributed by atoms with Crippen molar-refractivity contribution < 1.29 is 27.8 Å². The number of sulfonamides is 1. The molecule has 0 spiro atoms. The summed E-state index contributed by atoms with van der Waals surface area (Å²) in [5.41, 5.74) is 5.47.